The van der Waals surface area contributed by atoms with E-state index in [9.17, 15) is 14.7 Å². The lowest BCUT2D eigenvalue weighted by molar-refractivity contribution is 0.102. The molecule has 2 aromatic heterocycles. The number of amides is 1. The maximum atomic E-state index is 12.6. The number of nitrogens with zero attached hydrogens (tertiary/aromatic N) is 3. The lowest BCUT2D eigenvalue weighted by Gasteiger charge is -2.11. The summed E-state index contributed by atoms with van der Waals surface area (Å²) in [4.78, 5) is 28.7. The maximum absolute atomic E-state index is 12.6. The molecule has 1 amide bonds. The summed E-state index contributed by atoms with van der Waals surface area (Å²) in [6.45, 7) is 0.591. The molecule has 0 spiro atoms. The maximum Gasteiger partial charge on any atom is 0.335 e. The van der Waals surface area contributed by atoms with Crippen LogP contribution < -0.4 is 11.0 Å². The largest absolute Gasteiger partial charge is 0.493 e. The van der Waals surface area contributed by atoms with Gasteiger partial charge in [0.2, 0.25) is 5.88 Å². The van der Waals surface area contributed by atoms with Crippen molar-refractivity contribution >= 4 is 34.5 Å². The van der Waals surface area contributed by atoms with E-state index in [0.717, 1.165) is 12.8 Å². The molecule has 1 aliphatic heterocycles. The number of nitrogens with one attached hydrogen (secondary N) is 1. The molecule has 0 unspecified atom stereocenters. The Morgan fingerprint density at radius 1 is 1.35 bits per heavy atom. The first-order valence-electron chi connectivity index (χ1n) is 8.09. The molecular formula is C17H15ClN4O3S. The highest BCUT2D eigenvalue weighted by atomic mass is 35.5. The van der Waals surface area contributed by atoms with Crippen LogP contribution in [0.5, 0.6) is 5.88 Å². The average molecular weight is 391 g/mol. The van der Waals surface area contributed by atoms with E-state index in [1.54, 1.807) is 33.7 Å². The van der Waals surface area contributed by atoms with Crippen molar-refractivity contribution in [2.75, 3.05) is 5.32 Å². The van der Waals surface area contributed by atoms with Crippen LogP contribution in [-0.4, -0.2) is 25.1 Å². The molecule has 0 bridgehead atoms. The number of hydrogen-bond acceptors (Lipinski definition) is 5. The molecule has 9 heteroatoms. The number of carbonyl (C=O) groups is 1. The lowest BCUT2D eigenvalue weighted by atomic mass is 10.1. The lowest BCUT2D eigenvalue weighted by Crippen LogP contribution is -2.26. The number of aromatic nitrogens is 3. The van der Waals surface area contributed by atoms with Gasteiger partial charge in [0.15, 0.2) is 0 Å². The SMILES string of the molecule is O=C(Nc1ccc(-n2c(O)c3n(c2=O)CCCC3)c(Cl)c1)c1cscn1. The van der Waals surface area contributed by atoms with Gasteiger partial charge in [-0.2, -0.15) is 0 Å². The van der Waals surface area contributed by atoms with Crippen LogP contribution in [0.25, 0.3) is 5.69 Å². The highest BCUT2D eigenvalue weighted by Crippen LogP contribution is 2.30. The molecule has 4 rings (SSSR count). The highest BCUT2D eigenvalue weighted by Gasteiger charge is 2.23. The number of fused-ring (bicyclic) bond motifs is 1. The van der Waals surface area contributed by atoms with Gasteiger partial charge >= 0.3 is 5.69 Å². The molecule has 0 aliphatic carbocycles. The van der Waals surface area contributed by atoms with E-state index in [1.165, 1.54) is 15.9 Å². The van der Waals surface area contributed by atoms with Crippen molar-refractivity contribution in [3.63, 3.8) is 0 Å². The molecule has 3 aromatic rings. The number of aromatic hydroxyl groups is 1. The summed E-state index contributed by atoms with van der Waals surface area (Å²) in [6.07, 6.45) is 2.51. The summed E-state index contributed by atoms with van der Waals surface area (Å²) in [7, 11) is 0. The van der Waals surface area contributed by atoms with E-state index >= 15 is 0 Å². The quantitative estimate of drug-likeness (QED) is 0.719. The fourth-order valence-corrected chi connectivity index (χ4v) is 3.92. The summed E-state index contributed by atoms with van der Waals surface area (Å²) in [6, 6.07) is 4.78. The molecular weight excluding hydrogens is 376 g/mol. The minimum absolute atomic E-state index is 0.0733. The van der Waals surface area contributed by atoms with Gasteiger partial charge in [-0.25, -0.2) is 14.3 Å². The van der Waals surface area contributed by atoms with Gasteiger partial charge in [-0.1, -0.05) is 11.6 Å². The molecule has 134 valence electrons. The number of hydrogen-bond donors (Lipinski definition) is 2. The first-order chi connectivity index (χ1) is 12.6. The summed E-state index contributed by atoms with van der Waals surface area (Å²) in [5.74, 6) is -0.412. The van der Waals surface area contributed by atoms with E-state index in [2.05, 4.69) is 10.3 Å². The van der Waals surface area contributed by atoms with Gasteiger partial charge in [0, 0.05) is 17.6 Å². The third-order valence-corrected chi connectivity index (χ3v) is 5.26. The van der Waals surface area contributed by atoms with Crippen molar-refractivity contribution in [1.29, 1.82) is 0 Å². The van der Waals surface area contributed by atoms with Gasteiger partial charge in [-0.05, 0) is 37.5 Å². The number of thiazole rings is 1. The number of anilines is 1. The van der Waals surface area contributed by atoms with Gasteiger partial charge in [-0.3, -0.25) is 9.36 Å². The Kier molecular flexibility index (Phi) is 4.29. The second-order valence-electron chi connectivity index (χ2n) is 5.99. The van der Waals surface area contributed by atoms with Crippen LogP contribution in [0.3, 0.4) is 0 Å². The Morgan fingerprint density at radius 2 is 2.19 bits per heavy atom. The third kappa shape index (κ3) is 2.81. The molecule has 2 N–H and O–H groups in total. The van der Waals surface area contributed by atoms with E-state index in [1.807, 2.05) is 0 Å². The van der Waals surface area contributed by atoms with Crippen molar-refractivity contribution in [3.8, 4) is 11.6 Å². The molecule has 0 atom stereocenters. The summed E-state index contributed by atoms with van der Waals surface area (Å²) >= 11 is 7.67. The van der Waals surface area contributed by atoms with Gasteiger partial charge < -0.3 is 10.4 Å². The van der Waals surface area contributed by atoms with Crippen molar-refractivity contribution < 1.29 is 9.90 Å². The van der Waals surface area contributed by atoms with Crippen LogP contribution in [-0.2, 0) is 13.0 Å². The van der Waals surface area contributed by atoms with Crippen molar-refractivity contribution in [2.24, 2.45) is 0 Å². The van der Waals surface area contributed by atoms with E-state index in [0.29, 0.717) is 35.7 Å². The minimum atomic E-state index is -0.339. The van der Waals surface area contributed by atoms with Crippen LogP contribution >= 0.6 is 22.9 Å². The van der Waals surface area contributed by atoms with E-state index in [-0.39, 0.29) is 22.5 Å². The number of rotatable bonds is 3. The van der Waals surface area contributed by atoms with E-state index in [4.69, 9.17) is 11.6 Å². The molecule has 7 nitrogen and oxygen atoms in total. The average Bonchev–Trinajstić information content (AvgIpc) is 3.25. The number of imidazole rings is 1. The number of carbonyl (C=O) groups excluding carboxylic acids is 1. The Labute approximate surface area is 157 Å². The third-order valence-electron chi connectivity index (χ3n) is 4.37. The van der Waals surface area contributed by atoms with Gasteiger partial charge in [-0.15, -0.1) is 11.3 Å². The van der Waals surface area contributed by atoms with Crippen molar-refractivity contribution in [2.45, 2.75) is 25.8 Å². The number of benzene rings is 1. The van der Waals surface area contributed by atoms with Gasteiger partial charge in [0.1, 0.15) is 5.69 Å². The van der Waals surface area contributed by atoms with E-state index < -0.39 is 0 Å². The van der Waals surface area contributed by atoms with Crippen LogP contribution in [0, 0.1) is 0 Å². The molecule has 1 aliphatic rings. The second-order valence-corrected chi connectivity index (χ2v) is 7.12. The van der Waals surface area contributed by atoms with Crippen LogP contribution in [0.4, 0.5) is 5.69 Å². The van der Waals surface area contributed by atoms with Crippen LogP contribution in [0.15, 0.2) is 33.9 Å². The molecule has 0 fully saturated rings. The topological polar surface area (TPSA) is 89.2 Å². The Bertz CT molecular complexity index is 1040. The zero-order valence-corrected chi connectivity index (χ0v) is 15.2. The van der Waals surface area contributed by atoms with Gasteiger partial charge in [0.05, 0.1) is 21.9 Å². The van der Waals surface area contributed by atoms with Crippen molar-refractivity contribution in [3.05, 3.63) is 56.0 Å². The Morgan fingerprint density at radius 3 is 2.88 bits per heavy atom. The molecule has 26 heavy (non-hydrogen) atoms. The normalized spacial score (nSPS) is 13.4. The Balaban J connectivity index is 1.68. The second kappa shape index (κ2) is 6.62. The molecule has 0 radical (unpaired) electrons. The predicted molar refractivity (Wildman–Crippen MR) is 99.7 cm³/mol. The molecule has 0 saturated heterocycles. The number of halogens is 1. The Hall–Kier alpha value is -2.58. The fraction of sp³-hybridized carbons (Fsp3) is 0.235. The zero-order chi connectivity index (χ0) is 18.3. The standard InChI is InChI=1S/C17H15ClN4O3S/c18-11-7-10(20-15(23)12-8-26-9-19-12)4-5-13(11)22-16(24)14-3-1-2-6-21(14)17(22)25/h4-5,7-9,24H,1-3,6H2,(H,20,23). The first-order valence-corrected chi connectivity index (χ1v) is 9.41. The fourth-order valence-electron chi connectivity index (χ4n) is 3.12. The molecule has 3 heterocycles. The summed E-state index contributed by atoms with van der Waals surface area (Å²) in [5, 5.41) is 15.1. The summed E-state index contributed by atoms with van der Waals surface area (Å²) < 4.78 is 2.81. The highest BCUT2D eigenvalue weighted by molar-refractivity contribution is 7.07. The monoisotopic (exact) mass is 390 g/mol. The van der Waals surface area contributed by atoms with Crippen molar-refractivity contribution in [1.82, 2.24) is 14.1 Å². The molecule has 0 saturated carbocycles. The minimum Gasteiger partial charge on any atom is -0.493 e. The smallest absolute Gasteiger partial charge is 0.335 e. The zero-order valence-electron chi connectivity index (χ0n) is 13.6. The van der Waals surface area contributed by atoms with Gasteiger partial charge in [0.25, 0.3) is 5.91 Å². The summed E-state index contributed by atoms with van der Waals surface area (Å²) in [5.41, 5.74) is 3.09. The molecule has 1 aromatic carbocycles. The van der Waals surface area contributed by atoms with Crippen LogP contribution in [0.1, 0.15) is 29.0 Å². The predicted octanol–water partition coefficient (Wildman–Crippen LogP) is 3.04. The van der Waals surface area contributed by atoms with Crippen LogP contribution in [0.2, 0.25) is 5.02 Å². The first kappa shape index (κ1) is 16.9.